The van der Waals surface area contributed by atoms with Crippen LogP contribution >= 0.6 is 11.8 Å². The van der Waals surface area contributed by atoms with Gasteiger partial charge in [-0.25, -0.2) is 9.37 Å². The van der Waals surface area contributed by atoms with Crippen LogP contribution in [-0.4, -0.2) is 34.2 Å². The van der Waals surface area contributed by atoms with E-state index >= 15 is 0 Å². The van der Waals surface area contributed by atoms with E-state index in [0.29, 0.717) is 0 Å². The lowest BCUT2D eigenvalue weighted by molar-refractivity contribution is -0.139. The van der Waals surface area contributed by atoms with Crippen molar-refractivity contribution in [2.24, 2.45) is 0 Å². The number of esters is 1. The minimum Gasteiger partial charge on any atom is -0.469 e. The molecule has 2 rings (SSSR count). The van der Waals surface area contributed by atoms with Gasteiger partial charge in [0, 0.05) is 12.6 Å². The number of aromatic amines is 1. The molecule has 0 aliphatic rings. The zero-order valence-corrected chi connectivity index (χ0v) is 15.1. The highest BCUT2D eigenvalue weighted by molar-refractivity contribution is 8.00. The monoisotopic (exact) mass is 379 g/mol. The number of rotatable bonds is 7. The first kappa shape index (κ1) is 19.6. The second-order valence-corrected chi connectivity index (χ2v) is 6.73. The number of carbonyl (C=O) groups is 2. The van der Waals surface area contributed by atoms with Crippen LogP contribution < -0.4 is 10.9 Å². The number of methoxy groups -OCH3 is 1. The lowest BCUT2D eigenvalue weighted by atomic mass is 10.2. The molecule has 0 saturated carbocycles. The van der Waals surface area contributed by atoms with Gasteiger partial charge >= 0.3 is 5.97 Å². The Kier molecular flexibility index (Phi) is 6.90. The number of hydrogen-bond acceptors (Lipinski definition) is 6. The van der Waals surface area contributed by atoms with Crippen LogP contribution in [0.2, 0.25) is 0 Å². The number of halogens is 1. The van der Waals surface area contributed by atoms with E-state index in [0.717, 1.165) is 17.3 Å². The highest BCUT2D eigenvalue weighted by Gasteiger charge is 2.16. The standard InChI is InChI=1S/C17H18FN3O4S/c1-10(16(24)19-9-11-3-5-12(18)6-4-11)26-17-20-13(7-14(22)21-17)8-15(23)25-2/h3-7,10H,8-9H2,1-2H3,(H,19,24)(H,20,21,22)/t10-/m1/s1. The summed E-state index contributed by atoms with van der Waals surface area (Å²) in [6, 6.07) is 7.02. The maximum atomic E-state index is 12.9. The largest absolute Gasteiger partial charge is 0.469 e. The van der Waals surface area contributed by atoms with Crippen LogP contribution in [0.15, 0.2) is 40.3 Å². The highest BCUT2D eigenvalue weighted by atomic mass is 32.2. The van der Waals surface area contributed by atoms with Gasteiger partial charge in [-0.05, 0) is 24.6 Å². The molecule has 0 radical (unpaired) electrons. The molecule has 1 atom stereocenters. The Labute approximate surface area is 153 Å². The summed E-state index contributed by atoms with van der Waals surface area (Å²) < 4.78 is 17.4. The summed E-state index contributed by atoms with van der Waals surface area (Å²) in [6.45, 7) is 1.92. The van der Waals surface area contributed by atoms with Crippen LogP contribution in [0.3, 0.4) is 0 Å². The number of H-pyrrole nitrogens is 1. The van der Waals surface area contributed by atoms with E-state index in [9.17, 15) is 18.8 Å². The fourth-order valence-electron chi connectivity index (χ4n) is 2.01. The van der Waals surface area contributed by atoms with E-state index in [1.807, 2.05) is 0 Å². The number of aromatic nitrogens is 2. The minimum atomic E-state index is -0.535. The van der Waals surface area contributed by atoms with Crippen molar-refractivity contribution >= 4 is 23.6 Å². The predicted octanol–water partition coefficient (Wildman–Crippen LogP) is 1.42. The zero-order valence-electron chi connectivity index (χ0n) is 14.2. The molecule has 2 N–H and O–H groups in total. The van der Waals surface area contributed by atoms with Gasteiger partial charge in [0.2, 0.25) is 5.91 Å². The number of benzene rings is 1. The molecule has 0 spiro atoms. The third kappa shape index (κ3) is 5.99. The Morgan fingerprint density at radius 1 is 1.35 bits per heavy atom. The number of nitrogens with one attached hydrogen (secondary N) is 2. The van der Waals surface area contributed by atoms with Crippen molar-refractivity contribution in [3.8, 4) is 0 Å². The highest BCUT2D eigenvalue weighted by Crippen LogP contribution is 2.18. The summed E-state index contributed by atoms with van der Waals surface area (Å²) in [5.41, 5.74) is 0.617. The SMILES string of the molecule is COC(=O)Cc1cc(=O)[nH]c(S[C@H](C)C(=O)NCc2ccc(F)cc2)n1. The molecule has 1 heterocycles. The van der Waals surface area contributed by atoms with Crippen LogP contribution in [0.5, 0.6) is 0 Å². The molecule has 0 aliphatic heterocycles. The van der Waals surface area contributed by atoms with Crippen molar-refractivity contribution < 1.29 is 18.7 Å². The van der Waals surface area contributed by atoms with Crippen LogP contribution in [0.25, 0.3) is 0 Å². The molecule has 1 aromatic heterocycles. The van der Waals surface area contributed by atoms with E-state index < -0.39 is 16.8 Å². The molecule has 9 heteroatoms. The Bertz CT molecular complexity index is 839. The van der Waals surface area contributed by atoms with Crippen LogP contribution in [-0.2, 0) is 27.3 Å². The summed E-state index contributed by atoms with van der Waals surface area (Å²) in [5.74, 6) is -1.12. The number of ether oxygens (including phenoxy) is 1. The molecule has 0 fully saturated rings. The summed E-state index contributed by atoms with van der Waals surface area (Å²) in [5, 5.41) is 2.43. The van der Waals surface area contributed by atoms with Crippen LogP contribution in [0.1, 0.15) is 18.2 Å². The summed E-state index contributed by atoms with van der Waals surface area (Å²) >= 11 is 1.06. The van der Waals surface area contributed by atoms with Gasteiger partial charge in [0.25, 0.3) is 5.56 Å². The topological polar surface area (TPSA) is 101 Å². The Hall–Kier alpha value is -2.68. The van der Waals surface area contributed by atoms with Crippen molar-refractivity contribution in [3.05, 3.63) is 57.8 Å². The summed E-state index contributed by atoms with van der Waals surface area (Å²) in [6.07, 6.45) is -0.126. The van der Waals surface area contributed by atoms with Gasteiger partial charge in [-0.3, -0.25) is 14.4 Å². The summed E-state index contributed by atoms with van der Waals surface area (Å²) in [4.78, 5) is 41.9. The second kappa shape index (κ2) is 9.14. The number of hydrogen-bond donors (Lipinski definition) is 2. The van der Waals surface area contributed by atoms with E-state index in [1.54, 1.807) is 19.1 Å². The Balaban J connectivity index is 1.96. The predicted molar refractivity (Wildman–Crippen MR) is 94.1 cm³/mol. The first-order valence-electron chi connectivity index (χ1n) is 7.73. The second-order valence-electron chi connectivity index (χ2n) is 5.40. The molecular formula is C17H18FN3O4S. The summed E-state index contributed by atoms with van der Waals surface area (Å²) in [7, 11) is 1.25. The normalized spacial score (nSPS) is 11.7. The van der Waals surface area contributed by atoms with Gasteiger partial charge in [-0.1, -0.05) is 23.9 Å². The Morgan fingerprint density at radius 2 is 2.04 bits per heavy atom. The maximum Gasteiger partial charge on any atom is 0.311 e. The number of carbonyl (C=O) groups excluding carboxylic acids is 2. The lowest BCUT2D eigenvalue weighted by Crippen LogP contribution is -2.30. The molecule has 7 nitrogen and oxygen atoms in total. The molecule has 0 unspecified atom stereocenters. The molecule has 0 saturated heterocycles. The van der Waals surface area contributed by atoms with Crippen molar-refractivity contribution in [1.29, 1.82) is 0 Å². The van der Waals surface area contributed by atoms with Gasteiger partial charge < -0.3 is 15.0 Å². The minimum absolute atomic E-state index is 0.126. The van der Waals surface area contributed by atoms with Gasteiger partial charge in [0.05, 0.1) is 24.5 Å². The van der Waals surface area contributed by atoms with Crippen molar-refractivity contribution in [2.45, 2.75) is 30.3 Å². The van der Waals surface area contributed by atoms with Gasteiger partial charge in [-0.15, -0.1) is 0 Å². The third-order valence-electron chi connectivity index (χ3n) is 3.36. The van der Waals surface area contributed by atoms with Gasteiger partial charge in [0.15, 0.2) is 5.16 Å². The zero-order chi connectivity index (χ0) is 19.1. The average Bonchev–Trinajstić information content (AvgIpc) is 2.60. The molecule has 26 heavy (non-hydrogen) atoms. The van der Waals surface area contributed by atoms with E-state index in [4.69, 9.17) is 0 Å². The van der Waals surface area contributed by atoms with Gasteiger partial charge in [-0.2, -0.15) is 0 Å². The fourth-order valence-corrected chi connectivity index (χ4v) is 2.86. The molecule has 1 aromatic carbocycles. The van der Waals surface area contributed by atoms with E-state index in [1.165, 1.54) is 25.3 Å². The molecular weight excluding hydrogens is 361 g/mol. The van der Waals surface area contributed by atoms with Crippen LogP contribution in [0, 0.1) is 5.82 Å². The molecule has 1 amide bonds. The van der Waals surface area contributed by atoms with Gasteiger partial charge in [0.1, 0.15) is 5.82 Å². The lowest BCUT2D eigenvalue weighted by Gasteiger charge is -2.12. The van der Waals surface area contributed by atoms with E-state index in [2.05, 4.69) is 20.0 Å². The smallest absolute Gasteiger partial charge is 0.311 e. The van der Waals surface area contributed by atoms with E-state index in [-0.39, 0.29) is 35.5 Å². The molecule has 0 aliphatic carbocycles. The molecule has 2 aromatic rings. The third-order valence-corrected chi connectivity index (χ3v) is 4.35. The van der Waals surface area contributed by atoms with Crippen molar-refractivity contribution in [3.63, 3.8) is 0 Å². The number of amides is 1. The first-order valence-corrected chi connectivity index (χ1v) is 8.61. The number of nitrogens with zero attached hydrogens (tertiary/aromatic N) is 1. The number of thioether (sulfide) groups is 1. The molecule has 138 valence electrons. The Morgan fingerprint density at radius 3 is 2.69 bits per heavy atom. The van der Waals surface area contributed by atoms with Crippen LogP contribution in [0.4, 0.5) is 4.39 Å². The van der Waals surface area contributed by atoms with Crippen molar-refractivity contribution in [1.82, 2.24) is 15.3 Å². The van der Waals surface area contributed by atoms with Crippen molar-refractivity contribution in [2.75, 3.05) is 7.11 Å². The fraction of sp³-hybridized carbons (Fsp3) is 0.294. The average molecular weight is 379 g/mol. The maximum absolute atomic E-state index is 12.9. The molecule has 0 bridgehead atoms. The quantitative estimate of drug-likeness (QED) is 0.429. The first-order chi connectivity index (χ1) is 12.4.